The molecule has 3 aromatic carbocycles. The lowest BCUT2D eigenvalue weighted by Crippen LogP contribution is -2.31. The Hall–Kier alpha value is -3.80. The minimum Gasteiger partial charge on any atom is -0.454 e. The van der Waals surface area contributed by atoms with Gasteiger partial charge in [0.05, 0.1) is 5.52 Å². The summed E-state index contributed by atoms with van der Waals surface area (Å²) < 4.78 is 12.5. The molecular formula is C24H21N3O3. The summed E-state index contributed by atoms with van der Waals surface area (Å²) in [4.78, 5) is 12.9. The van der Waals surface area contributed by atoms with Crippen LogP contribution in [0.1, 0.15) is 18.5 Å². The minimum atomic E-state index is -0.457. The Balaban J connectivity index is 1.39. The van der Waals surface area contributed by atoms with Gasteiger partial charge in [-0.2, -0.15) is 5.10 Å². The smallest absolute Gasteiger partial charge is 0.244 e. The molecule has 4 aromatic rings. The summed E-state index contributed by atoms with van der Waals surface area (Å²) in [5.41, 5.74) is 3.79. The maximum absolute atomic E-state index is 12.9. The molecule has 1 atom stereocenters. The highest BCUT2D eigenvalue weighted by Gasteiger charge is 2.21. The van der Waals surface area contributed by atoms with Crippen molar-refractivity contribution >= 4 is 16.8 Å². The zero-order valence-corrected chi connectivity index (χ0v) is 16.5. The highest BCUT2D eigenvalue weighted by atomic mass is 16.7. The number of fused-ring (bicyclic) bond motifs is 2. The van der Waals surface area contributed by atoms with Gasteiger partial charge in [-0.3, -0.25) is 9.48 Å². The first-order valence-electron chi connectivity index (χ1n) is 9.89. The van der Waals surface area contributed by atoms with E-state index in [4.69, 9.17) is 14.6 Å². The van der Waals surface area contributed by atoms with Crippen molar-refractivity contribution < 1.29 is 14.3 Å². The van der Waals surface area contributed by atoms with Crippen LogP contribution >= 0.6 is 0 Å². The van der Waals surface area contributed by atoms with Crippen LogP contribution in [-0.4, -0.2) is 22.5 Å². The zero-order valence-electron chi connectivity index (χ0n) is 16.5. The third-order valence-electron chi connectivity index (χ3n) is 5.31. The van der Waals surface area contributed by atoms with Crippen LogP contribution in [0.2, 0.25) is 0 Å². The molecule has 1 amide bonds. The molecule has 1 aromatic heterocycles. The summed E-state index contributed by atoms with van der Waals surface area (Å²) in [6.07, 6.45) is 0. The fraction of sp³-hybridized carbons (Fsp3) is 0.167. The van der Waals surface area contributed by atoms with Crippen LogP contribution in [0, 0.1) is 0 Å². The summed E-state index contributed by atoms with van der Waals surface area (Å²) in [6.45, 7) is 2.51. The Kier molecular flexibility index (Phi) is 4.59. The van der Waals surface area contributed by atoms with Crippen molar-refractivity contribution in [2.75, 3.05) is 6.79 Å². The SMILES string of the molecule is CC(C(=O)NCc1ccc2c(c1)OCO2)n1nc(-c2ccccc2)c2ccccc21. The van der Waals surface area contributed by atoms with Crippen LogP contribution in [0.3, 0.4) is 0 Å². The number of carbonyl (C=O) groups is 1. The summed E-state index contributed by atoms with van der Waals surface area (Å²) >= 11 is 0. The molecule has 1 N–H and O–H groups in total. The monoisotopic (exact) mass is 399 g/mol. The first-order chi connectivity index (χ1) is 14.7. The molecule has 1 unspecified atom stereocenters. The van der Waals surface area contributed by atoms with E-state index in [9.17, 15) is 4.79 Å². The zero-order chi connectivity index (χ0) is 20.5. The Labute approximate surface area is 174 Å². The Morgan fingerprint density at radius 2 is 1.80 bits per heavy atom. The van der Waals surface area contributed by atoms with Crippen LogP contribution < -0.4 is 14.8 Å². The molecule has 1 aliphatic heterocycles. The third-order valence-corrected chi connectivity index (χ3v) is 5.31. The predicted octanol–water partition coefficient (Wildman–Crippen LogP) is 4.31. The average molecular weight is 399 g/mol. The second-order valence-electron chi connectivity index (χ2n) is 7.26. The van der Waals surface area contributed by atoms with Crippen molar-refractivity contribution in [3.63, 3.8) is 0 Å². The highest BCUT2D eigenvalue weighted by Crippen LogP contribution is 2.33. The summed E-state index contributed by atoms with van der Waals surface area (Å²) in [7, 11) is 0. The molecule has 6 heteroatoms. The number of nitrogens with one attached hydrogen (secondary N) is 1. The van der Waals surface area contributed by atoms with Gasteiger partial charge in [0.1, 0.15) is 11.7 Å². The number of amides is 1. The number of carbonyl (C=O) groups excluding carboxylic acids is 1. The van der Waals surface area contributed by atoms with Crippen molar-refractivity contribution in [3.8, 4) is 22.8 Å². The van der Waals surface area contributed by atoms with Crippen LogP contribution in [0.15, 0.2) is 72.8 Å². The fourth-order valence-corrected chi connectivity index (χ4v) is 3.69. The largest absolute Gasteiger partial charge is 0.454 e. The predicted molar refractivity (Wildman–Crippen MR) is 114 cm³/mol. The summed E-state index contributed by atoms with van der Waals surface area (Å²) in [6, 6.07) is 23.2. The lowest BCUT2D eigenvalue weighted by atomic mass is 10.1. The Bertz CT molecular complexity index is 1220. The molecule has 0 aliphatic carbocycles. The van der Waals surface area contributed by atoms with Crippen LogP contribution in [0.25, 0.3) is 22.2 Å². The molecule has 0 saturated heterocycles. The quantitative estimate of drug-likeness (QED) is 0.543. The fourth-order valence-electron chi connectivity index (χ4n) is 3.69. The van der Waals surface area contributed by atoms with E-state index in [0.29, 0.717) is 12.3 Å². The molecule has 1 aliphatic rings. The standard InChI is InChI=1S/C24H21N3O3/c1-16(24(28)25-14-17-11-12-21-22(13-17)30-15-29-21)27-20-10-6-5-9-19(20)23(26-27)18-7-3-2-4-8-18/h2-13,16H,14-15H2,1H3,(H,25,28). The van der Waals surface area contributed by atoms with Crippen molar-refractivity contribution in [2.45, 2.75) is 19.5 Å². The number of hydrogen-bond acceptors (Lipinski definition) is 4. The molecule has 0 bridgehead atoms. The van der Waals surface area contributed by atoms with Crippen LogP contribution in [-0.2, 0) is 11.3 Å². The number of para-hydroxylation sites is 1. The molecule has 5 rings (SSSR count). The first-order valence-corrected chi connectivity index (χ1v) is 9.89. The summed E-state index contributed by atoms with van der Waals surface area (Å²) in [5.74, 6) is 1.34. The molecule has 6 nitrogen and oxygen atoms in total. The lowest BCUT2D eigenvalue weighted by Gasteiger charge is -2.14. The van der Waals surface area contributed by atoms with E-state index < -0.39 is 6.04 Å². The van der Waals surface area contributed by atoms with E-state index >= 15 is 0 Å². The van der Waals surface area contributed by atoms with E-state index in [1.807, 2.05) is 79.7 Å². The van der Waals surface area contributed by atoms with Gasteiger partial charge in [0, 0.05) is 17.5 Å². The number of rotatable bonds is 5. The third kappa shape index (κ3) is 3.26. The van der Waals surface area contributed by atoms with Crippen LogP contribution in [0.4, 0.5) is 0 Å². The van der Waals surface area contributed by atoms with Gasteiger partial charge in [0.25, 0.3) is 0 Å². The van der Waals surface area contributed by atoms with Gasteiger partial charge < -0.3 is 14.8 Å². The Morgan fingerprint density at radius 3 is 2.67 bits per heavy atom. The maximum atomic E-state index is 12.9. The van der Waals surface area contributed by atoms with Gasteiger partial charge in [-0.1, -0.05) is 54.6 Å². The molecule has 150 valence electrons. The maximum Gasteiger partial charge on any atom is 0.244 e. The van der Waals surface area contributed by atoms with E-state index in [1.54, 1.807) is 4.68 Å². The summed E-state index contributed by atoms with van der Waals surface area (Å²) in [5, 5.41) is 8.84. The van der Waals surface area contributed by atoms with E-state index in [0.717, 1.165) is 33.5 Å². The average Bonchev–Trinajstić information content (AvgIpc) is 3.42. The number of hydrogen-bond donors (Lipinski definition) is 1. The van der Waals surface area contributed by atoms with E-state index in [2.05, 4.69) is 5.32 Å². The van der Waals surface area contributed by atoms with Crippen molar-refractivity contribution in [3.05, 3.63) is 78.4 Å². The first kappa shape index (κ1) is 18.2. The van der Waals surface area contributed by atoms with Gasteiger partial charge in [-0.05, 0) is 30.7 Å². The van der Waals surface area contributed by atoms with Gasteiger partial charge in [0.2, 0.25) is 12.7 Å². The van der Waals surface area contributed by atoms with Gasteiger partial charge in [-0.25, -0.2) is 0 Å². The second-order valence-corrected chi connectivity index (χ2v) is 7.26. The van der Waals surface area contributed by atoms with Gasteiger partial charge >= 0.3 is 0 Å². The molecular weight excluding hydrogens is 378 g/mol. The lowest BCUT2D eigenvalue weighted by molar-refractivity contribution is -0.124. The molecule has 0 spiro atoms. The number of aromatic nitrogens is 2. The molecule has 0 saturated carbocycles. The van der Waals surface area contributed by atoms with Crippen LogP contribution in [0.5, 0.6) is 11.5 Å². The molecule has 30 heavy (non-hydrogen) atoms. The number of ether oxygens (including phenoxy) is 2. The second kappa shape index (κ2) is 7.55. The van der Waals surface area contributed by atoms with Gasteiger partial charge in [-0.15, -0.1) is 0 Å². The van der Waals surface area contributed by atoms with E-state index in [1.165, 1.54) is 0 Å². The minimum absolute atomic E-state index is 0.0967. The van der Waals surface area contributed by atoms with Crippen molar-refractivity contribution in [2.24, 2.45) is 0 Å². The van der Waals surface area contributed by atoms with Crippen molar-refractivity contribution in [1.29, 1.82) is 0 Å². The normalized spacial score (nSPS) is 13.4. The number of nitrogens with zero attached hydrogens (tertiary/aromatic N) is 2. The highest BCUT2D eigenvalue weighted by molar-refractivity contribution is 5.94. The van der Waals surface area contributed by atoms with Crippen molar-refractivity contribution in [1.82, 2.24) is 15.1 Å². The van der Waals surface area contributed by atoms with E-state index in [-0.39, 0.29) is 12.7 Å². The Morgan fingerprint density at radius 1 is 1.03 bits per heavy atom. The van der Waals surface area contributed by atoms with Gasteiger partial charge in [0.15, 0.2) is 11.5 Å². The molecule has 0 fully saturated rings. The topological polar surface area (TPSA) is 65.4 Å². The number of benzene rings is 3. The molecule has 0 radical (unpaired) electrons. The molecule has 2 heterocycles.